The van der Waals surface area contributed by atoms with Crippen LogP contribution in [-0.4, -0.2) is 52.1 Å². The molecular weight excluding hydrogens is 192 g/mol. The zero-order valence-corrected chi connectivity index (χ0v) is 9.76. The van der Waals surface area contributed by atoms with Crippen LogP contribution in [0.3, 0.4) is 0 Å². The van der Waals surface area contributed by atoms with Crippen LogP contribution >= 0.6 is 0 Å². The summed E-state index contributed by atoms with van der Waals surface area (Å²) in [5.74, 6) is 0. The van der Waals surface area contributed by atoms with Crippen LogP contribution in [0.1, 0.15) is 19.8 Å². The summed E-state index contributed by atoms with van der Waals surface area (Å²) in [6, 6.07) is 0. The van der Waals surface area contributed by atoms with Gasteiger partial charge in [-0.2, -0.15) is 0 Å². The summed E-state index contributed by atoms with van der Waals surface area (Å²) < 4.78 is 10.5. The first-order chi connectivity index (χ1) is 7.43. The summed E-state index contributed by atoms with van der Waals surface area (Å²) in [6.07, 6.45) is 2.92. The molecule has 0 bridgehead atoms. The van der Waals surface area contributed by atoms with Gasteiger partial charge in [-0.15, -0.1) is 0 Å². The number of ether oxygens (including phenoxy) is 2. The highest BCUT2D eigenvalue weighted by Gasteiger charge is 2.10. The van der Waals surface area contributed by atoms with Crippen molar-refractivity contribution in [3.8, 4) is 0 Å². The third kappa shape index (κ3) is 6.84. The zero-order valence-electron chi connectivity index (χ0n) is 9.76. The van der Waals surface area contributed by atoms with Gasteiger partial charge in [-0.3, -0.25) is 0 Å². The van der Waals surface area contributed by atoms with Crippen LogP contribution in [-0.2, 0) is 9.47 Å². The quantitative estimate of drug-likeness (QED) is 0.700. The molecule has 90 valence electrons. The summed E-state index contributed by atoms with van der Waals surface area (Å²) in [7, 11) is 0. The summed E-state index contributed by atoms with van der Waals surface area (Å²) >= 11 is 0. The van der Waals surface area contributed by atoms with Crippen molar-refractivity contribution in [2.24, 2.45) is 0 Å². The molecule has 0 aromatic carbocycles. The van der Waals surface area contributed by atoms with Crippen LogP contribution in [0.5, 0.6) is 0 Å². The lowest BCUT2D eigenvalue weighted by Gasteiger charge is -2.22. The van der Waals surface area contributed by atoms with E-state index in [0.29, 0.717) is 6.10 Å². The fourth-order valence-corrected chi connectivity index (χ4v) is 1.64. The second kappa shape index (κ2) is 9.09. The molecule has 2 aliphatic heterocycles. The molecule has 4 nitrogen and oxygen atoms in total. The van der Waals surface area contributed by atoms with E-state index >= 15 is 0 Å². The van der Waals surface area contributed by atoms with Crippen LogP contribution in [0.4, 0.5) is 0 Å². The molecule has 2 fully saturated rings. The van der Waals surface area contributed by atoms with E-state index in [2.05, 4.69) is 17.6 Å². The van der Waals surface area contributed by atoms with Crippen LogP contribution < -0.4 is 10.6 Å². The monoisotopic (exact) mass is 216 g/mol. The van der Waals surface area contributed by atoms with E-state index in [4.69, 9.17) is 9.47 Å². The normalized spacial score (nSPS) is 26.6. The molecule has 2 heterocycles. The van der Waals surface area contributed by atoms with Crippen LogP contribution in [0, 0.1) is 0 Å². The Labute approximate surface area is 92.7 Å². The predicted octanol–water partition coefficient (Wildman–Crippen LogP) is 0.381. The Bertz CT molecular complexity index is 120. The molecule has 0 aromatic heterocycles. The van der Waals surface area contributed by atoms with Crippen molar-refractivity contribution >= 4 is 0 Å². The van der Waals surface area contributed by atoms with E-state index in [1.54, 1.807) is 0 Å². The summed E-state index contributed by atoms with van der Waals surface area (Å²) in [6.45, 7) is 9.00. The highest BCUT2D eigenvalue weighted by Crippen LogP contribution is 2.02. The summed E-state index contributed by atoms with van der Waals surface area (Å²) in [4.78, 5) is 0. The van der Waals surface area contributed by atoms with E-state index in [0.717, 1.165) is 46.0 Å². The van der Waals surface area contributed by atoms with E-state index in [9.17, 15) is 0 Å². The predicted molar refractivity (Wildman–Crippen MR) is 61.2 cm³/mol. The fourth-order valence-electron chi connectivity index (χ4n) is 1.64. The molecule has 2 N–H and O–H groups in total. The number of rotatable bonds is 2. The number of hydrogen-bond acceptors (Lipinski definition) is 4. The Morgan fingerprint density at radius 2 is 1.80 bits per heavy atom. The fraction of sp³-hybridized carbons (Fsp3) is 1.00. The second-order valence-electron chi connectivity index (χ2n) is 3.85. The molecule has 1 atom stereocenters. The summed E-state index contributed by atoms with van der Waals surface area (Å²) in [5.41, 5.74) is 0. The van der Waals surface area contributed by atoms with Crippen LogP contribution in [0.25, 0.3) is 0 Å². The Kier molecular flexibility index (Phi) is 7.83. The minimum atomic E-state index is 0.490. The zero-order chi connectivity index (χ0) is 10.8. The maximum absolute atomic E-state index is 5.46. The van der Waals surface area contributed by atoms with Crippen molar-refractivity contribution in [1.29, 1.82) is 0 Å². The first-order valence-electron chi connectivity index (χ1n) is 6.04. The molecule has 0 saturated carbocycles. The molecule has 4 heteroatoms. The largest absolute Gasteiger partial charge is 0.379 e. The molecule has 0 amide bonds. The van der Waals surface area contributed by atoms with Crippen LogP contribution in [0.15, 0.2) is 0 Å². The van der Waals surface area contributed by atoms with Gasteiger partial charge in [0, 0.05) is 26.2 Å². The van der Waals surface area contributed by atoms with Gasteiger partial charge in [-0.25, -0.2) is 0 Å². The van der Waals surface area contributed by atoms with Gasteiger partial charge in [0.1, 0.15) is 0 Å². The molecule has 2 rings (SSSR count). The molecule has 0 spiro atoms. The third-order valence-electron chi connectivity index (χ3n) is 2.46. The van der Waals surface area contributed by atoms with E-state index < -0.39 is 0 Å². The first-order valence-corrected chi connectivity index (χ1v) is 6.04. The molecule has 1 unspecified atom stereocenters. The van der Waals surface area contributed by atoms with Crippen molar-refractivity contribution in [3.05, 3.63) is 0 Å². The van der Waals surface area contributed by atoms with Crippen LogP contribution in [0.2, 0.25) is 0 Å². The Morgan fingerprint density at radius 3 is 2.20 bits per heavy atom. The lowest BCUT2D eigenvalue weighted by atomic mass is 10.2. The maximum Gasteiger partial charge on any atom is 0.0700 e. The lowest BCUT2D eigenvalue weighted by Crippen LogP contribution is -2.38. The average Bonchev–Trinajstić information content (AvgIpc) is 2.34. The molecule has 0 radical (unpaired) electrons. The smallest absolute Gasteiger partial charge is 0.0700 e. The lowest BCUT2D eigenvalue weighted by molar-refractivity contribution is 0.0232. The highest BCUT2D eigenvalue weighted by atomic mass is 16.5. The van der Waals surface area contributed by atoms with Gasteiger partial charge in [0.25, 0.3) is 0 Å². The van der Waals surface area contributed by atoms with Crippen molar-refractivity contribution in [1.82, 2.24) is 10.6 Å². The number of hydrogen-bond donors (Lipinski definition) is 2. The maximum atomic E-state index is 5.46. The van der Waals surface area contributed by atoms with E-state index in [1.807, 2.05) is 0 Å². The molecule has 15 heavy (non-hydrogen) atoms. The third-order valence-corrected chi connectivity index (χ3v) is 2.46. The second-order valence-corrected chi connectivity index (χ2v) is 3.85. The van der Waals surface area contributed by atoms with Gasteiger partial charge in [0.2, 0.25) is 0 Å². The SMILES string of the molecule is C1COCCN1.CCCC1CNCCO1. The Morgan fingerprint density at radius 1 is 1.07 bits per heavy atom. The first kappa shape index (κ1) is 12.9. The van der Waals surface area contributed by atoms with Crippen molar-refractivity contribution in [2.75, 3.05) is 46.0 Å². The van der Waals surface area contributed by atoms with Gasteiger partial charge in [-0.05, 0) is 6.42 Å². The van der Waals surface area contributed by atoms with Crippen molar-refractivity contribution in [2.45, 2.75) is 25.9 Å². The standard InChI is InChI=1S/C7H15NO.C4H9NO/c1-2-3-7-6-8-4-5-9-7;1-3-6-4-2-5-1/h7-8H,2-6H2,1H3;5H,1-4H2. The van der Waals surface area contributed by atoms with Gasteiger partial charge < -0.3 is 20.1 Å². The van der Waals surface area contributed by atoms with E-state index in [-0.39, 0.29) is 0 Å². The highest BCUT2D eigenvalue weighted by molar-refractivity contribution is 4.65. The Hall–Kier alpha value is -0.160. The topological polar surface area (TPSA) is 42.5 Å². The molecule has 2 saturated heterocycles. The molecular formula is C11H24N2O2. The van der Waals surface area contributed by atoms with Gasteiger partial charge >= 0.3 is 0 Å². The molecule has 2 aliphatic rings. The number of morpholine rings is 2. The average molecular weight is 216 g/mol. The van der Waals surface area contributed by atoms with Crippen molar-refractivity contribution in [3.63, 3.8) is 0 Å². The van der Waals surface area contributed by atoms with Gasteiger partial charge in [-0.1, -0.05) is 13.3 Å². The van der Waals surface area contributed by atoms with Gasteiger partial charge in [0.15, 0.2) is 0 Å². The summed E-state index contributed by atoms with van der Waals surface area (Å²) in [5, 5.41) is 6.45. The van der Waals surface area contributed by atoms with Crippen molar-refractivity contribution < 1.29 is 9.47 Å². The minimum Gasteiger partial charge on any atom is -0.379 e. The van der Waals surface area contributed by atoms with Gasteiger partial charge in [0.05, 0.1) is 25.9 Å². The molecule has 0 aliphatic carbocycles. The minimum absolute atomic E-state index is 0.490. The Balaban J connectivity index is 0.000000162. The van der Waals surface area contributed by atoms with E-state index in [1.165, 1.54) is 12.8 Å². The molecule has 0 aromatic rings. The number of nitrogens with one attached hydrogen (secondary N) is 2.